The van der Waals surface area contributed by atoms with E-state index in [4.69, 9.17) is 0 Å². The molecule has 26 heavy (non-hydrogen) atoms. The molecule has 0 radical (unpaired) electrons. The maximum atomic E-state index is 12.4. The lowest BCUT2D eigenvalue weighted by Gasteiger charge is -2.34. The summed E-state index contributed by atoms with van der Waals surface area (Å²) in [5.41, 5.74) is 1.42. The normalized spacial score (nSPS) is 21.0. The van der Waals surface area contributed by atoms with Crippen molar-refractivity contribution >= 4 is 23.2 Å². The van der Waals surface area contributed by atoms with Crippen LogP contribution in [0.2, 0.25) is 0 Å². The van der Waals surface area contributed by atoms with E-state index in [0.717, 1.165) is 32.4 Å². The van der Waals surface area contributed by atoms with Crippen LogP contribution in [0.1, 0.15) is 31.7 Å². The third-order valence-electron chi connectivity index (χ3n) is 5.83. The fraction of sp³-hybridized carbons (Fsp3) is 0.526. The number of amides is 2. The molecule has 138 valence electrons. The molecule has 0 N–H and O–H groups in total. The van der Waals surface area contributed by atoms with Crippen LogP contribution in [-0.2, 0) is 22.7 Å². The van der Waals surface area contributed by atoms with E-state index in [1.54, 1.807) is 29.1 Å². The van der Waals surface area contributed by atoms with E-state index < -0.39 is 0 Å². The summed E-state index contributed by atoms with van der Waals surface area (Å²) in [6.07, 6.45) is 6.54. The van der Waals surface area contributed by atoms with Gasteiger partial charge >= 0.3 is 0 Å². The lowest BCUT2D eigenvalue weighted by atomic mass is 9.92. The van der Waals surface area contributed by atoms with Crippen LogP contribution in [0.5, 0.6) is 0 Å². The number of thiophene rings is 1. The van der Waals surface area contributed by atoms with Gasteiger partial charge in [0.25, 0.3) is 0 Å². The molecule has 1 aliphatic heterocycles. The predicted octanol–water partition coefficient (Wildman–Crippen LogP) is 2.37. The standard InChI is InChI=1S/C19H24N4O2S/c1-15(24)23(12-16-3-10-26-14-16)17-11-19(17)4-8-21(9-5-19)18(25)13-22-7-2-6-20-22/h2-3,6-7,10,14,17H,4-5,8-9,11-13H2,1H3/t17-/m0/s1. The third-order valence-corrected chi connectivity index (χ3v) is 6.56. The van der Waals surface area contributed by atoms with Gasteiger partial charge in [0.2, 0.25) is 11.8 Å². The number of nitrogens with zero attached hydrogens (tertiary/aromatic N) is 4. The number of likely N-dealkylation sites (tertiary alicyclic amines) is 1. The number of piperidine rings is 1. The number of hydrogen-bond donors (Lipinski definition) is 0. The van der Waals surface area contributed by atoms with E-state index in [-0.39, 0.29) is 17.2 Å². The first-order valence-electron chi connectivity index (χ1n) is 9.11. The molecule has 2 aromatic rings. The zero-order valence-electron chi connectivity index (χ0n) is 15.0. The molecule has 1 spiro atoms. The second-order valence-electron chi connectivity index (χ2n) is 7.45. The van der Waals surface area contributed by atoms with Crippen LogP contribution in [0.15, 0.2) is 35.3 Å². The number of aromatic nitrogens is 2. The van der Waals surface area contributed by atoms with Gasteiger partial charge in [-0.15, -0.1) is 0 Å². The smallest absolute Gasteiger partial charge is 0.244 e. The average molecular weight is 372 g/mol. The number of hydrogen-bond acceptors (Lipinski definition) is 4. The molecule has 2 aromatic heterocycles. The zero-order chi connectivity index (χ0) is 18.1. The number of carbonyl (C=O) groups excluding carboxylic acids is 2. The lowest BCUT2D eigenvalue weighted by molar-refractivity contribution is -0.135. The topological polar surface area (TPSA) is 58.4 Å². The first-order chi connectivity index (χ1) is 12.6. The molecule has 2 aliphatic rings. The highest BCUT2D eigenvalue weighted by Crippen LogP contribution is 2.57. The highest BCUT2D eigenvalue weighted by atomic mass is 32.1. The Morgan fingerprint density at radius 2 is 2.19 bits per heavy atom. The molecule has 1 atom stereocenters. The molecule has 3 heterocycles. The average Bonchev–Trinajstić information content (AvgIpc) is 3.05. The van der Waals surface area contributed by atoms with Gasteiger partial charge in [-0.2, -0.15) is 16.4 Å². The molecule has 1 saturated heterocycles. The monoisotopic (exact) mass is 372 g/mol. The van der Waals surface area contributed by atoms with Crippen molar-refractivity contribution in [2.45, 2.75) is 45.3 Å². The van der Waals surface area contributed by atoms with Crippen molar-refractivity contribution in [3.63, 3.8) is 0 Å². The fourth-order valence-corrected chi connectivity index (χ4v) is 4.82. The summed E-state index contributed by atoms with van der Waals surface area (Å²) in [4.78, 5) is 28.6. The van der Waals surface area contributed by atoms with Crippen LogP contribution in [0.4, 0.5) is 0 Å². The molecule has 1 saturated carbocycles. The van der Waals surface area contributed by atoms with Crippen molar-refractivity contribution in [1.82, 2.24) is 19.6 Å². The molecule has 2 fully saturated rings. The summed E-state index contributed by atoms with van der Waals surface area (Å²) in [6, 6.07) is 4.24. The molecular formula is C19H24N4O2S. The van der Waals surface area contributed by atoms with Crippen molar-refractivity contribution in [2.24, 2.45) is 5.41 Å². The van der Waals surface area contributed by atoms with Crippen molar-refractivity contribution in [1.29, 1.82) is 0 Å². The van der Waals surface area contributed by atoms with Gasteiger partial charge in [-0.3, -0.25) is 14.3 Å². The van der Waals surface area contributed by atoms with E-state index >= 15 is 0 Å². The van der Waals surface area contributed by atoms with Gasteiger partial charge in [0.1, 0.15) is 6.54 Å². The lowest BCUT2D eigenvalue weighted by Crippen LogP contribution is -2.43. The molecular weight excluding hydrogens is 348 g/mol. The summed E-state index contributed by atoms with van der Waals surface area (Å²) in [7, 11) is 0. The Morgan fingerprint density at radius 1 is 1.38 bits per heavy atom. The minimum absolute atomic E-state index is 0.127. The second-order valence-corrected chi connectivity index (χ2v) is 8.23. The van der Waals surface area contributed by atoms with Crippen molar-refractivity contribution in [3.05, 3.63) is 40.8 Å². The van der Waals surface area contributed by atoms with Crippen molar-refractivity contribution < 1.29 is 9.59 Å². The van der Waals surface area contributed by atoms with Crippen LogP contribution >= 0.6 is 11.3 Å². The molecule has 2 amide bonds. The third kappa shape index (κ3) is 3.40. The minimum Gasteiger partial charge on any atom is -0.341 e. The number of carbonyl (C=O) groups is 2. The summed E-state index contributed by atoms with van der Waals surface area (Å²) in [5.74, 6) is 0.276. The maximum absolute atomic E-state index is 12.4. The summed E-state index contributed by atoms with van der Waals surface area (Å²) >= 11 is 1.67. The Bertz CT molecular complexity index is 764. The largest absolute Gasteiger partial charge is 0.341 e. The van der Waals surface area contributed by atoms with Gasteiger partial charge in [-0.25, -0.2) is 0 Å². The van der Waals surface area contributed by atoms with Crippen LogP contribution < -0.4 is 0 Å². The van der Waals surface area contributed by atoms with Crippen LogP contribution in [0.3, 0.4) is 0 Å². The first-order valence-corrected chi connectivity index (χ1v) is 10.1. The minimum atomic E-state index is 0.127. The quantitative estimate of drug-likeness (QED) is 0.810. The Kier molecular flexibility index (Phi) is 4.56. The van der Waals surface area contributed by atoms with Gasteiger partial charge in [0, 0.05) is 45.0 Å². The second kappa shape index (κ2) is 6.87. The summed E-state index contributed by atoms with van der Waals surface area (Å²) < 4.78 is 1.67. The Hall–Kier alpha value is -2.15. The van der Waals surface area contributed by atoms with Gasteiger partial charge in [0.05, 0.1) is 0 Å². The van der Waals surface area contributed by atoms with Crippen LogP contribution in [0.25, 0.3) is 0 Å². The molecule has 1 aliphatic carbocycles. The summed E-state index contributed by atoms with van der Waals surface area (Å²) in [5, 5.41) is 8.28. The van der Waals surface area contributed by atoms with E-state index in [1.165, 1.54) is 5.56 Å². The Morgan fingerprint density at radius 3 is 2.81 bits per heavy atom. The maximum Gasteiger partial charge on any atom is 0.244 e. The van der Waals surface area contributed by atoms with Gasteiger partial charge in [-0.1, -0.05) is 0 Å². The Labute approximate surface area is 157 Å². The van der Waals surface area contributed by atoms with Crippen molar-refractivity contribution in [2.75, 3.05) is 13.1 Å². The van der Waals surface area contributed by atoms with Crippen molar-refractivity contribution in [3.8, 4) is 0 Å². The van der Waals surface area contributed by atoms with Gasteiger partial charge < -0.3 is 9.80 Å². The van der Waals surface area contributed by atoms with Crippen LogP contribution in [-0.4, -0.2) is 50.5 Å². The summed E-state index contributed by atoms with van der Waals surface area (Å²) in [6.45, 7) is 4.23. The molecule has 4 rings (SSSR count). The zero-order valence-corrected chi connectivity index (χ0v) is 15.8. The van der Waals surface area contributed by atoms with E-state index in [9.17, 15) is 9.59 Å². The highest BCUT2D eigenvalue weighted by molar-refractivity contribution is 7.07. The molecule has 0 bridgehead atoms. The van der Waals surface area contributed by atoms with E-state index in [0.29, 0.717) is 19.1 Å². The first kappa shape index (κ1) is 17.3. The van der Waals surface area contributed by atoms with Gasteiger partial charge in [0.15, 0.2) is 0 Å². The fourth-order valence-electron chi connectivity index (χ4n) is 4.16. The predicted molar refractivity (Wildman–Crippen MR) is 99.4 cm³/mol. The number of rotatable bonds is 5. The SMILES string of the molecule is CC(=O)N(Cc1ccsc1)[C@H]1CC12CCN(C(=O)Cn1cccn1)CC2. The van der Waals surface area contributed by atoms with E-state index in [1.807, 2.05) is 22.1 Å². The van der Waals surface area contributed by atoms with Gasteiger partial charge in [-0.05, 0) is 53.1 Å². The molecule has 0 aromatic carbocycles. The van der Waals surface area contributed by atoms with Crippen LogP contribution in [0, 0.1) is 5.41 Å². The molecule has 0 unspecified atom stereocenters. The highest BCUT2D eigenvalue weighted by Gasteiger charge is 2.58. The van der Waals surface area contributed by atoms with E-state index in [2.05, 4.69) is 21.9 Å². The molecule has 7 heteroatoms. The molecule has 6 nitrogen and oxygen atoms in total. The Balaban J connectivity index is 1.34.